The second kappa shape index (κ2) is 5.99. The van der Waals surface area contributed by atoms with Crippen LogP contribution in [0.1, 0.15) is 28.9 Å². The molecule has 0 spiro atoms. The van der Waals surface area contributed by atoms with Crippen molar-refractivity contribution in [3.63, 3.8) is 0 Å². The molecule has 1 aliphatic heterocycles. The number of piperidine rings is 1. The molecule has 2 unspecified atom stereocenters. The van der Waals surface area contributed by atoms with Gasteiger partial charge in [-0.25, -0.2) is 0 Å². The number of rotatable bonds is 1. The average molecular weight is 341 g/mol. The summed E-state index contributed by atoms with van der Waals surface area (Å²) in [6.45, 7) is -0.328. The minimum Gasteiger partial charge on any atom is -0.326 e. The Labute approximate surface area is 127 Å². The van der Waals surface area contributed by atoms with Crippen LogP contribution in [0.2, 0.25) is 0 Å². The number of nitrogens with two attached hydrogens (primary N) is 1. The number of nitrogens with zero attached hydrogens (tertiary/aromatic N) is 2. The summed E-state index contributed by atoms with van der Waals surface area (Å²) in [6, 6.07) is -1.27. The van der Waals surface area contributed by atoms with E-state index < -0.39 is 41.6 Å². The van der Waals surface area contributed by atoms with Gasteiger partial charge in [-0.05, 0) is 25.0 Å². The van der Waals surface area contributed by atoms with Crippen LogP contribution in [0, 0.1) is 0 Å². The molecule has 1 aromatic rings. The Bertz CT molecular complexity index is 569. The lowest BCUT2D eigenvalue weighted by molar-refractivity contribution is -0.184. The van der Waals surface area contributed by atoms with E-state index in [1.54, 1.807) is 0 Å². The zero-order chi connectivity index (χ0) is 17.4. The topological polar surface area (TPSA) is 59.2 Å². The Kier molecular flexibility index (Phi) is 4.56. The molecular weight excluding hydrogens is 328 g/mol. The zero-order valence-electron chi connectivity index (χ0n) is 11.7. The number of halogens is 6. The minimum absolute atomic E-state index is 0.106. The van der Waals surface area contributed by atoms with E-state index >= 15 is 0 Å². The van der Waals surface area contributed by atoms with Gasteiger partial charge in [-0.15, -0.1) is 0 Å². The molecule has 0 aliphatic carbocycles. The number of carbonyl (C=O) groups is 1. The number of likely N-dealkylation sites (tertiary alicyclic amines) is 1. The molecular formula is C13H13F6N3O. The van der Waals surface area contributed by atoms with Crippen molar-refractivity contribution >= 4 is 5.91 Å². The first-order chi connectivity index (χ1) is 10.5. The summed E-state index contributed by atoms with van der Waals surface area (Å²) < 4.78 is 76.4. The predicted octanol–water partition coefficient (Wildman–Crippen LogP) is 2.59. The highest BCUT2D eigenvalue weighted by atomic mass is 19.4. The zero-order valence-corrected chi connectivity index (χ0v) is 11.7. The summed E-state index contributed by atoms with van der Waals surface area (Å²) in [6.07, 6.45) is -9.11. The van der Waals surface area contributed by atoms with E-state index in [9.17, 15) is 31.1 Å². The molecule has 1 amide bonds. The van der Waals surface area contributed by atoms with Gasteiger partial charge < -0.3 is 10.6 Å². The van der Waals surface area contributed by atoms with E-state index in [2.05, 4.69) is 4.98 Å². The molecule has 0 saturated carbocycles. The standard InChI is InChI=1S/C13H13F6N3O/c14-12(15,16)7-1-3-9(21-5-7)11(23)22-6-8(20)2-4-10(22)13(17,18)19/h1,3,5,8,10H,2,4,6,20H2. The number of carbonyl (C=O) groups excluding carboxylic acids is 1. The molecule has 23 heavy (non-hydrogen) atoms. The lowest BCUT2D eigenvalue weighted by atomic mass is 9.97. The summed E-state index contributed by atoms with van der Waals surface area (Å²) in [5.41, 5.74) is 4.03. The molecule has 2 N–H and O–H groups in total. The SMILES string of the molecule is NC1CCC(C(F)(F)F)N(C(=O)c2ccc(C(F)(F)F)cn2)C1. The molecule has 1 aromatic heterocycles. The largest absolute Gasteiger partial charge is 0.417 e. The average Bonchev–Trinajstić information content (AvgIpc) is 2.44. The van der Waals surface area contributed by atoms with Crippen LogP contribution in [0.3, 0.4) is 0 Å². The van der Waals surface area contributed by atoms with Gasteiger partial charge in [0, 0.05) is 18.8 Å². The van der Waals surface area contributed by atoms with Crippen molar-refractivity contribution in [1.82, 2.24) is 9.88 Å². The van der Waals surface area contributed by atoms with Crippen LogP contribution in [-0.2, 0) is 6.18 Å². The fourth-order valence-corrected chi connectivity index (χ4v) is 2.40. The van der Waals surface area contributed by atoms with Gasteiger partial charge in [0.25, 0.3) is 5.91 Å². The van der Waals surface area contributed by atoms with Gasteiger partial charge in [0.15, 0.2) is 0 Å². The molecule has 0 radical (unpaired) electrons. The molecule has 128 valence electrons. The van der Waals surface area contributed by atoms with Crippen molar-refractivity contribution in [3.8, 4) is 0 Å². The molecule has 0 aromatic carbocycles. The Morgan fingerprint density at radius 2 is 1.83 bits per heavy atom. The van der Waals surface area contributed by atoms with E-state index in [1.165, 1.54) is 0 Å². The summed E-state index contributed by atoms with van der Waals surface area (Å²) in [4.78, 5) is 16.1. The second-order valence-electron chi connectivity index (χ2n) is 5.28. The fourth-order valence-electron chi connectivity index (χ4n) is 2.40. The summed E-state index contributed by atoms with van der Waals surface area (Å²) >= 11 is 0. The first kappa shape index (κ1) is 17.5. The van der Waals surface area contributed by atoms with Crippen LogP contribution in [0.25, 0.3) is 0 Å². The lowest BCUT2D eigenvalue weighted by Crippen LogP contribution is -2.56. The molecule has 0 bridgehead atoms. The number of aromatic nitrogens is 1. The Morgan fingerprint density at radius 1 is 1.17 bits per heavy atom. The molecule has 4 nitrogen and oxygen atoms in total. The van der Waals surface area contributed by atoms with Crippen LogP contribution >= 0.6 is 0 Å². The van der Waals surface area contributed by atoms with Gasteiger partial charge in [-0.1, -0.05) is 0 Å². The van der Waals surface area contributed by atoms with Crippen molar-refractivity contribution in [2.45, 2.75) is 37.3 Å². The number of hydrogen-bond donors (Lipinski definition) is 1. The summed E-state index contributed by atoms with van der Waals surface area (Å²) in [5, 5.41) is 0. The van der Waals surface area contributed by atoms with Crippen LogP contribution in [0.5, 0.6) is 0 Å². The third-order valence-corrected chi connectivity index (χ3v) is 3.57. The first-order valence-electron chi connectivity index (χ1n) is 6.66. The van der Waals surface area contributed by atoms with Crippen molar-refractivity contribution in [2.75, 3.05) is 6.54 Å². The molecule has 10 heteroatoms. The summed E-state index contributed by atoms with van der Waals surface area (Å²) in [5.74, 6) is -1.09. The van der Waals surface area contributed by atoms with Gasteiger partial charge in [0.2, 0.25) is 0 Å². The van der Waals surface area contributed by atoms with E-state index in [0.717, 1.165) is 6.07 Å². The third-order valence-electron chi connectivity index (χ3n) is 3.57. The summed E-state index contributed by atoms with van der Waals surface area (Å²) in [7, 11) is 0. The van der Waals surface area contributed by atoms with E-state index in [0.29, 0.717) is 17.2 Å². The maximum absolute atomic E-state index is 13.0. The molecule has 1 aliphatic rings. The maximum Gasteiger partial charge on any atom is 0.417 e. The highest BCUT2D eigenvalue weighted by molar-refractivity contribution is 5.92. The van der Waals surface area contributed by atoms with Crippen LogP contribution in [0.4, 0.5) is 26.3 Å². The number of amides is 1. The Hall–Kier alpha value is -1.84. The molecule has 2 heterocycles. The van der Waals surface area contributed by atoms with Gasteiger partial charge in [0.1, 0.15) is 11.7 Å². The van der Waals surface area contributed by atoms with Gasteiger partial charge in [-0.2, -0.15) is 26.3 Å². The van der Waals surface area contributed by atoms with E-state index in [4.69, 9.17) is 5.73 Å². The maximum atomic E-state index is 13.0. The van der Waals surface area contributed by atoms with Gasteiger partial charge in [0.05, 0.1) is 5.56 Å². The van der Waals surface area contributed by atoms with Crippen molar-refractivity contribution in [3.05, 3.63) is 29.6 Å². The number of hydrogen-bond acceptors (Lipinski definition) is 3. The molecule has 2 rings (SSSR count). The monoisotopic (exact) mass is 341 g/mol. The van der Waals surface area contributed by atoms with E-state index in [-0.39, 0.29) is 19.4 Å². The van der Waals surface area contributed by atoms with Gasteiger partial charge >= 0.3 is 12.4 Å². The molecule has 2 atom stereocenters. The second-order valence-corrected chi connectivity index (χ2v) is 5.28. The van der Waals surface area contributed by atoms with Crippen LogP contribution < -0.4 is 5.73 Å². The quantitative estimate of drug-likeness (QED) is 0.799. The molecule has 1 saturated heterocycles. The normalized spacial score (nSPS) is 23.0. The highest BCUT2D eigenvalue weighted by Crippen LogP contribution is 2.33. The third kappa shape index (κ3) is 3.92. The van der Waals surface area contributed by atoms with Crippen LogP contribution in [-0.4, -0.2) is 40.6 Å². The Balaban J connectivity index is 2.26. The van der Waals surface area contributed by atoms with Crippen molar-refractivity contribution < 1.29 is 31.1 Å². The van der Waals surface area contributed by atoms with Crippen molar-refractivity contribution in [2.24, 2.45) is 5.73 Å². The van der Waals surface area contributed by atoms with Crippen molar-refractivity contribution in [1.29, 1.82) is 0 Å². The first-order valence-corrected chi connectivity index (χ1v) is 6.66. The fraction of sp³-hybridized carbons (Fsp3) is 0.538. The predicted molar refractivity (Wildman–Crippen MR) is 67.3 cm³/mol. The highest BCUT2D eigenvalue weighted by Gasteiger charge is 2.48. The number of pyridine rings is 1. The Morgan fingerprint density at radius 3 is 2.30 bits per heavy atom. The lowest BCUT2D eigenvalue weighted by Gasteiger charge is -2.39. The van der Waals surface area contributed by atoms with Gasteiger partial charge in [-0.3, -0.25) is 9.78 Å². The number of alkyl halides is 6. The minimum atomic E-state index is -4.64. The van der Waals surface area contributed by atoms with E-state index in [1.807, 2.05) is 0 Å². The van der Waals surface area contributed by atoms with Crippen LogP contribution in [0.15, 0.2) is 18.3 Å². The smallest absolute Gasteiger partial charge is 0.326 e. The molecule has 1 fully saturated rings.